The van der Waals surface area contributed by atoms with Gasteiger partial charge in [-0.3, -0.25) is 4.79 Å². The molecule has 3 nitrogen and oxygen atoms in total. The quantitative estimate of drug-likeness (QED) is 0.700. The van der Waals surface area contributed by atoms with Gasteiger partial charge in [-0.2, -0.15) is 0 Å². The van der Waals surface area contributed by atoms with Gasteiger partial charge in [0, 0.05) is 23.7 Å². The molecule has 1 N–H and O–H groups in total. The van der Waals surface area contributed by atoms with Crippen LogP contribution in [-0.4, -0.2) is 28.7 Å². The lowest BCUT2D eigenvalue weighted by molar-refractivity contribution is -0.138. The van der Waals surface area contributed by atoms with Crippen molar-refractivity contribution in [2.24, 2.45) is 28.6 Å². The van der Waals surface area contributed by atoms with Crippen molar-refractivity contribution >= 4 is 5.78 Å². The summed E-state index contributed by atoms with van der Waals surface area (Å²) in [5, 5.41) is 10.2. The number of fused-ring (bicyclic) bond motifs is 4. The minimum atomic E-state index is -0.170. The topological polar surface area (TPSA) is 49.8 Å². The average molecular weight is 304 g/mol. The van der Waals surface area contributed by atoms with Crippen LogP contribution in [-0.2, 0) is 9.53 Å². The number of carbonyl (C=O) groups is 1. The number of ketones is 1. The molecule has 22 heavy (non-hydrogen) atoms. The van der Waals surface area contributed by atoms with Crippen LogP contribution in [0.3, 0.4) is 0 Å². The Balaban J connectivity index is 1.53. The second-order valence-corrected chi connectivity index (χ2v) is 9.34. The van der Waals surface area contributed by atoms with Gasteiger partial charge in [0.2, 0.25) is 0 Å². The minimum absolute atomic E-state index is 0.0256. The largest absolute Gasteiger partial charge is 0.393 e. The lowest BCUT2D eigenvalue weighted by Crippen LogP contribution is -2.58. The zero-order chi connectivity index (χ0) is 15.3. The van der Waals surface area contributed by atoms with Crippen molar-refractivity contribution in [1.29, 1.82) is 0 Å². The Hall–Kier alpha value is -0.410. The van der Waals surface area contributed by atoms with Gasteiger partial charge in [0.05, 0.1) is 12.2 Å². The predicted molar refractivity (Wildman–Crippen MR) is 82.2 cm³/mol. The average Bonchev–Trinajstić information content (AvgIpc) is 3.08. The Morgan fingerprint density at radius 2 is 1.95 bits per heavy atom. The van der Waals surface area contributed by atoms with Crippen molar-refractivity contribution in [3.8, 4) is 0 Å². The number of aliphatic hydroxyl groups excluding tert-OH is 1. The second kappa shape index (κ2) is 3.97. The Morgan fingerprint density at radius 3 is 2.77 bits per heavy atom. The van der Waals surface area contributed by atoms with E-state index in [2.05, 4.69) is 13.8 Å². The molecule has 0 bridgehead atoms. The summed E-state index contributed by atoms with van der Waals surface area (Å²) in [6.07, 6.45) is 8.37. The minimum Gasteiger partial charge on any atom is -0.393 e. The highest BCUT2D eigenvalue weighted by atomic mass is 16.6. The van der Waals surface area contributed by atoms with E-state index in [9.17, 15) is 9.90 Å². The van der Waals surface area contributed by atoms with Crippen molar-refractivity contribution in [3.05, 3.63) is 0 Å². The molecule has 4 aliphatic carbocycles. The third kappa shape index (κ3) is 1.40. The number of Topliss-reactive ketones (excluding diaryl/α,β-unsaturated/α-hetero) is 1. The van der Waals surface area contributed by atoms with Gasteiger partial charge in [-0.1, -0.05) is 13.8 Å². The maximum absolute atomic E-state index is 12.4. The Bertz CT molecular complexity index is 545. The first-order valence-electron chi connectivity index (χ1n) is 9.30. The maximum atomic E-state index is 12.4. The van der Waals surface area contributed by atoms with Crippen molar-refractivity contribution < 1.29 is 14.6 Å². The number of aliphatic hydroxyl groups is 1. The molecule has 8 unspecified atom stereocenters. The molecule has 8 atom stereocenters. The van der Waals surface area contributed by atoms with Crippen LogP contribution in [0.25, 0.3) is 0 Å². The summed E-state index contributed by atoms with van der Waals surface area (Å²) in [7, 11) is 0. The first kappa shape index (κ1) is 14.0. The fourth-order valence-corrected chi connectivity index (χ4v) is 7.43. The summed E-state index contributed by atoms with van der Waals surface area (Å²) >= 11 is 0. The number of epoxide rings is 1. The van der Waals surface area contributed by atoms with Gasteiger partial charge in [-0.15, -0.1) is 0 Å². The van der Waals surface area contributed by atoms with E-state index in [1.54, 1.807) is 0 Å². The third-order valence-electron chi connectivity index (χ3n) is 8.77. The van der Waals surface area contributed by atoms with E-state index >= 15 is 0 Å². The summed E-state index contributed by atoms with van der Waals surface area (Å²) in [5.41, 5.74) is 0.162. The number of rotatable bonds is 0. The molecule has 0 aromatic carbocycles. The maximum Gasteiger partial charge on any atom is 0.139 e. The summed E-state index contributed by atoms with van der Waals surface area (Å²) < 4.78 is 6.30. The number of hydrogen-bond acceptors (Lipinski definition) is 3. The number of carbonyl (C=O) groups excluding carboxylic acids is 1. The van der Waals surface area contributed by atoms with Crippen LogP contribution in [0, 0.1) is 28.6 Å². The van der Waals surface area contributed by atoms with Crippen LogP contribution in [0.1, 0.15) is 65.2 Å². The Morgan fingerprint density at radius 1 is 1.14 bits per heavy atom. The van der Waals surface area contributed by atoms with E-state index in [-0.39, 0.29) is 22.5 Å². The standard InChI is InChI=1S/C19H28O3/c1-17-7-6-14-12(13(17)3-4-15(17)21)9-16-19(22-16)10-11(20)5-8-18(14,19)2/h11-14,16,20H,3-10H2,1-2H3. The van der Waals surface area contributed by atoms with Crippen molar-refractivity contribution in [2.75, 3.05) is 0 Å². The molecule has 0 aromatic rings. The molecule has 0 amide bonds. The van der Waals surface area contributed by atoms with E-state index in [1.807, 2.05) is 0 Å². The molecule has 5 aliphatic rings. The monoisotopic (exact) mass is 304 g/mol. The first-order chi connectivity index (χ1) is 10.4. The molecule has 3 heteroatoms. The molecule has 0 aromatic heterocycles. The Labute approximate surface area is 132 Å². The highest BCUT2D eigenvalue weighted by Crippen LogP contribution is 2.72. The van der Waals surface area contributed by atoms with Gasteiger partial charge in [0.15, 0.2) is 0 Å². The lowest BCUT2D eigenvalue weighted by atomic mass is 9.45. The molecular weight excluding hydrogens is 276 g/mol. The van der Waals surface area contributed by atoms with Gasteiger partial charge in [-0.25, -0.2) is 0 Å². The Kier molecular flexibility index (Phi) is 2.52. The fraction of sp³-hybridized carbons (Fsp3) is 0.947. The second-order valence-electron chi connectivity index (χ2n) is 9.34. The van der Waals surface area contributed by atoms with Crippen LogP contribution in [0.15, 0.2) is 0 Å². The highest BCUT2D eigenvalue weighted by Gasteiger charge is 2.76. The van der Waals surface area contributed by atoms with E-state index in [4.69, 9.17) is 4.74 Å². The summed E-state index contributed by atoms with van der Waals surface area (Å²) in [6, 6.07) is 0. The van der Waals surface area contributed by atoms with Gasteiger partial charge in [0.25, 0.3) is 0 Å². The molecular formula is C19H28O3. The van der Waals surface area contributed by atoms with Crippen LogP contribution >= 0.6 is 0 Å². The first-order valence-corrected chi connectivity index (χ1v) is 9.30. The zero-order valence-electron chi connectivity index (χ0n) is 13.8. The molecule has 5 fully saturated rings. The predicted octanol–water partition coefficient (Wildman–Crippen LogP) is 3.09. The molecule has 1 aliphatic heterocycles. The van der Waals surface area contributed by atoms with Crippen molar-refractivity contribution in [2.45, 2.75) is 83.0 Å². The summed E-state index contributed by atoms with van der Waals surface area (Å²) in [5.74, 6) is 2.48. The van der Waals surface area contributed by atoms with Gasteiger partial charge < -0.3 is 9.84 Å². The van der Waals surface area contributed by atoms with E-state index in [0.717, 1.165) is 44.9 Å². The third-order valence-corrected chi connectivity index (χ3v) is 8.77. The molecule has 1 spiro atoms. The number of ether oxygens (including phenoxy) is 1. The van der Waals surface area contributed by atoms with Gasteiger partial charge in [0.1, 0.15) is 11.4 Å². The lowest BCUT2D eigenvalue weighted by Gasteiger charge is -2.58. The molecule has 4 saturated carbocycles. The van der Waals surface area contributed by atoms with Gasteiger partial charge in [-0.05, 0) is 56.3 Å². The fourth-order valence-electron chi connectivity index (χ4n) is 7.43. The normalized spacial score (nSPS) is 62.7. The zero-order valence-corrected chi connectivity index (χ0v) is 13.8. The number of hydrogen-bond donors (Lipinski definition) is 1. The highest BCUT2D eigenvalue weighted by molar-refractivity contribution is 5.87. The van der Waals surface area contributed by atoms with Crippen LogP contribution < -0.4 is 0 Å². The van der Waals surface area contributed by atoms with E-state index in [1.165, 1.54) is 6.42 Å². The molecule has 1 saturated heterocycles. The summed E-state index contributed by atoms with van der Waals surface area (Å²) in [4.78, 5) is 12.4. The molecule has 1 heterocycles. The molecule has 0 radical (unpaired) electrons. The van der Waals surface area contributed by atoms with Crippen molar-refractivity contribution in [3.63, 3.8) is 0 Å². The SMILES string of the molecule is CC12CCC3C(CC4OC45CC(O)CCC35C)C1CCC2=O. The van der Waals surface area contributed by atoms with Gasteiger partial charge >= 0.3 is 0 Å². The van der Waals surface area contributed by atoms with E-state index < -0.39 is 0 Å². The molecule has 5 rings (SSSR count). The smallest absolute Gasteiger partial charge is 0.139 e. The van der Waals surface area contributed by atoms with Crippen LogP contribution in [0.2, 0.25) is 0 Å². The van der Waals surface area contributed by atoms with Crippen LogP contribution in [0.5, 0.6) is 0 Å². The van der Waals surface area contributed by atoms with Crippen LogP contribution in [0.4, 0.5) is 0 Å². The summed E-state index contributed by atoms with van der Waals surface area (Å²) in [6.45, 7) is 4.68. The molecule has 122 valence electrons. The van der Waals surface area contributed by atoms with Crippen molar-refractivity contribution in [1.82, 2.24) is 0 Å². The van der Waals surface area contributed by atoms with E-state index in [0.29, 0.717) is 29.6 Å².